The molecule has 1 rings (SSSR count). The van der Waals surface area contributed by atoms with Gasteiger partial charge in [-0.1, -0.05) is 26.8 Å². The van der Waals surface area contributed by atoms with Crippen LogP contribution in [0.15, 0.2) is 12.1 Å². The molecule has 1 atom stereocenters. The fourth-order valence-corrected chi connectivity index (χ4v) is 1.99. The van der Waals surface area contributed by atoms with Crippen LogP contribution in [0.3, 0.4) is 0 Å². The Morgan fingerprint density at radius 2 is 1.88 bits per heavy atom. The third-order valence-electron chi connectivity index (χ3n) is 3.05. The van der Waals surface area contributed by atoms with Gasteiger partial charge in [-0.3, -0.25) is 0 Å². The van der Waals surface area contributed by atoms with E-state index in [4.69, 9.17) is 16.2 Å². The topological polar surface area (TPSA) is 61.3 Å². The van der Waals surface area contributed by atoms with Crippen molar-refractivity contribution in [2.45, 2.75) is 39.2 Å². The first-order valence-electron chi connectivity index (χ1n) is 5.96. The molecule has 0 saturated heterocycles. The molecule has 0 aliphatic rings. The van der Waals surface area contributed by atoms with Gasteiger partial charge in [0.25, 0.3) is 0 Å². The molecule has 0 saturated carbocycles. The van der Waals surface area contributed by atoms with Crippen LogP contribution in [0.5, 0.6) is 5.75 Å². The van der Waals surface area contributed by atoms with E-state index >= 15 is 0 Å². The van der Waals surface area contributed by atoms with Crippen LogP contribution in [0, 0.1) is 6.92 Å². The average Bonchev–Trinajstić information content (AvgIpc) is 2.26. The van der Waals surface area contributed by atoms with Crippen LogP contribution in [0.1, 0.15) is 43.5 Å². The number of benzene rings is 1. The fraction of sp³-hybridized carbons (Fsp3) is 0.571. The number of ether oxygens (including phenoxy) is 1. The predicted octanol–water partition coefficient (Wildman–Crippen LogP) is 2.26. The normalized spacial score (nSPS) is 13.6. The van der Waals surface area contributed by atoms with Crippen LogP contribution >= 0.6 is 0 Å². The minimum Gasteiger partial charge on any atom is -0.496 e. The molecular formula is C14H24N2O. The van der Waals surface area contributed by atoms with E-state index in [1.807, 2.05) is 6.07 Å². The van der Waals surface area contributed by atoms with Crippen molar-refractivity contribution in [1.82, 2.24) is 0 Å². The van der Waals surface area contributed by atoms with Crippen molar-refractivity contribution < 1.29 is 4.74 Å². The van der Waals surface area contributed by atoms with E-state index in [0.29, 0.717) is 6.54 Å². The second-order valence-electron chi connectivity index (χ2n) is 5.50. The molecule has 1 aromatic rings. The Labute approximate surface area is 104 Å². The Hall–Kier alpha value is -1.06. The monoisotopic (exact) mass is 236 g/mol. The molecule has 0 radical (unpaired) electrons. The summed E-state index contributed by atoms with van der Waals surface area (Å²) in [6.07, 6.45) is 0. The zero-order chi connectivity index (χ0) is 13.2. The molecule has 3 heteroatoms. The Morgan fingerprint density at radius 1 is 1.29 bits per heavy atom. The van der Waals surface area contributed by atoms with Gasteiger partial charge in [0.15, 0.2) is 0 Å². The van der Waals surface area contributed by atoms with Crippen LogP contribution in [-0.4, -0.2) is 13.7 Å². The van der Waals surface area contributed by atoms with Crippen LogP contribution in [0.2, 0.25) is 0 Å². The largest absolute Gasteiger partial charge is 0.496 e. The van der Waals surface area contributed by atoms with E-state index in [9.17, 15) is 0 Å². The van der Waals surface area contributed by atoms with Gasteiger partial charge >= 0.3 is 0 Å². The van der Waals surface area contributed by atoms with E-state index < -0.39 is 0 Å². The quantitative estimate of drug-likeness (QED) is 0.846. The third kappa shape index (κ3) is 2.99. The lowest BCUT2D eigenvalue weighted by molar-refractivity contribution is 0.396. The number of nitrogens with two attached hydrogens (primary N) is 2. The van der Waals surface area contributed by atoms with Gasteiger partial charge in [-0.05, 0) is 35.1 Å². The number of hydrogen-bond acceptors (Lipinski definition) is 3. The number of methoxy groups -OCH3 is 1. The first-order valence-corrected chi connectivity index (χ1v) is 5.96. The smallest absolute Gasteiger partial charge is 0.122 e. The molecule has 3 nitrogen and oxygen atoms in total. The molecule has 0 spiro atoms. The average molecular weight is 236 g/mol. The van der Waals surface area contributed by atoms with Crippen molar-refractivity contribution in [3.8, 4) is 5.75 Å². The van der Waals surface area contributed by atoms with Crippen molar-refractivity contribution in [2.24, 2.45) is 11.5 Å². The molecule has 0 aliphatic carbocycles. The van der Waals surface area contributed by atoms with Crippen LogP contribution in [0.4, 0.5) is 0 Å². The molecule has 0 aromatic heterocycles. The summed E-state index contributed by atoms with van der Waals surface area (Å²) >= 11 is 0. The van der Waals surface area contributed by atoms with Gasteiger partial charge in [0.05, 0.1) is 7.11 Å². The van der Waals surface area contributed by atoms with Gasteiger partial charge in [0, 0.05) is 12.6 Å². The molecule has 0 heterocycles. The van der Waals surface area contributed by atoms with E-state index in [2.05, 4.69) is 33.8 Å². The summed E-state index contributed by atoms with van der Waals surface area (Å²) < 4.78 is 5.47. The molecule has 1 unspecified atom stereocenters. The minimum absolute atomic E-state index is 0.0570. The molecular weight excluding hydrogens is 212 g/mol. The Kier molecular flexibility index (Phi) is 4.17. The summed E-state index contributed by atoms with van der Waals surface area (Å²) in [6, 6.07) is 4.05. The zero-order valence-corrected chi connectivity index (χ0v) is 11.5. The molecule has 4 N–H and O–H groups in total. The molecule has 0 fully saturated rings. The van der Waals surface area contributed by atoms with Gasteiger partial charge in [-0.2, -0.15) is 0 Å². The zero-order valence-electron chi connectivity index (χ0n) is 11.5. The second-order valence-corrected chi connectivity index (χ2v) is 5.50. The standard InChI is InChI=1S/C14H24N2O/c1-9-6-11(14(2,3)4)13(17-5)7-10(9)12(16)8-15/h6-7,12H,8,15-16H2,1-5H3. The van der Waals surface area contributed by atoms with Gasteiger partial charge in [-0.15, -0.1) is 0 Å². The molecule has 1 aromatic carbocycles. The lowest BCUT2D eigenvalue weighted by Crippen LogP contribution is -2.22. The summed E-state index contributed by atoms with van der Waals surface area (Å²) in [5.41, 5.74) is 15.1. The van der Waals surface area contributed by atoms with Crippen molar-refractivity contribution >= 4 is 0 Å². The first kappa shape index (κ1) is 14.0. The van der Waals surface area contributed by atoms with Gasteiger partial charge < -0.3 is 16.2 Å². The number of aryl methyl sites for hydroxylation is 1. The Balaban J connectivity index is 3.35. The Bertz CT molecular complexity index is 394. The van der Waals surface area contributed by atoms with Gasteiger partial charge in [0.2, 0.25) is 0 Å². The van der Waals surface area contributed by atoms with E-state index in [-0.39, 0.29) is 11.5 Å². The lowest BCUT2D eigenvalue weighted by atomic mass is 9.83. The highest BCUT2D eigenvalue weighted by atomic mass is 16.5. The molecule has 0 amide bonds. The van der Waals surface area contributed by atoms with Crippen molar-refractivity contribution in [1.29, 1.82) is 0 Å². The predicted molar refractivity (Wildman–Crippen MR) is 72.4 cm³/mol. The molecule has 17 heavy (non-hydrogen) atoms. The maximum atomic E-state index is 6.00. The van der Waals surface area contributed by atoms with Gasteiger partial charge in [-0.25, -0.2) is 0 Å². The van der Waals surface area contributed by atoms with E-state index in [1.165, 1.54) is 11.1 Å². The molecule has 0 bridgehead atoms. The summed E-state index contributed by atoms with van der Waals surface area (Å²) in [5, 5.41) is 0. The van der Waals surface area contributed by atoms with Crippen molar-refractivity contribution in [3.05, 3.63) is 28.8 Å². The first-order chi connectivity index (χ1) is 7.81. The molecule has 0 aliphatic heterocycles. The highest BCUT2D eigenvalue weighted by Crippen LogP contribution is 2.34. The summed E-state index contributed by atoms with van der Waals surface area (Å²) in [7, 11) is 1.69. The summed E-state index contributed by atoms with van der Waals surface area (Å²) in [5.74, 6) is 0.891. The van der Waals surface area contributed by atoms with Crippen LogP contribution in [-0.2, 0) is 5.41 Å². The molecule has 96 valence electrons. The Morgan fingerprint density at radius 3 is 2.29 bits per heavy atom. The van der Waals surface area contributed by atoms with E-state index in [1.54, 1.807) is 7.11 Å². The second kappa shape index (κ2) is 5.07. The highest BCUT2D eigenvalue weighted by molar-refractivity contribution is 5.46. The minimum atomic E-state index is -0.127. The highest BCUT2D eigenvalue weighted by Gasteiger charge is 2.21. The summed E-state index contributed by atoms with van der Waals surface area (Å²) in [6.45, 7) is 9.03. The maximum absolute atomic E-state index is 6.00. The van der Waals surface area contributed by atoms with Crippen molar-refractivity contribution in [3.63, 3.8) is 0 Å². The fourth-order valence-electron chi connectivity index (χ4n) is 1.99. The van der Waals surface area contributed by atoms with Gasteiger partial charge in [0.1, 0.15) is 5.75 Å². The number of rotatable bonds is 3. The maximum Gasteiger partial charge on any atom is 0.122 e. The van der Waals surface area contributed by atoms with Crippen molar-refractivity contribution in [2.75, 3.05) is 13.7 Å². The lowest BCUT2D eigenvalue weighted by Gasteiger charge is -2.25. The van der Waals surface area contributed by atoms with Crippen LogP contribution < -0.4 is 16.2 Å². The number of hydrogen-bond donors (Lipinski definition) is 2. The van der Waals surface area contributed by atoms with E-state index in [0.717, 1.165) is 11.3 Å². The summed E-state index contributed by atoms with van der Waals surface area (Å²) in [4.78, 5) is 0. The SMILES string of the molecule is COc1cc(C(N)CN)c(C)cc1C(C)(C)C. The third-order valence-corrected chi connectivity index (χ3v) is 3.05. The van der Waals surface area contributed by atoms with Crippen LogP contribution in [0.25, 0.3) is 0 Å².